The third-order valence-corrected chi connectivity index (χ3v) is 3.01. The van der Waals surface area contributed by atoms with E-state index in [1.54, 1.807) is 13.0 Å². The van der Waals surface area contributed by atoms with Gasteiger partial charge in [-0.1, -0.05) is 13.8 Å². The molecule has 7 nitrogen and oxygen atoms in total. The summed E-state index contributed by atoms with van der Waals surface area (Å²) in [5.41, 5.74) is 0.479. The summed E-state index contributed by atoms with van der Waals surface area (Å²) in [4.78, 5) is 22.8. The van der Waals surface area contributed by atoms with Crippen LogP contribution in [0.2, 0.25) is 0 Å². The number of anilines is 1. The fourth-order valence-electron chi connectivity index (χ4n) is 2.16. The lowest BCUT2D eigenvalue weighted by atomic mass is 10.1. The van der Waals surface area contributed by atoms with Gasteiger partial charge in [0.2, 0.25) is 0 Å². The summed E-state index contributed by atoms with van der Waals surface area (Å²) in [6.45, 7) is 6.96. The van der Waals surface area contributed by atoms with Crippen LogP contribution in [0.5, 0.6) is 0 Å². The van der Waals surface area contributed by atoms with E-state index < -0.39 is 9.85 Å². The minimum absolute atomic E-state index is 0.204. The highest BCUT2D eigenvalue weighted by Crippen LogP contribution is 2.35. The fraction of sp³-hybridized carbons (Fsp3) is 0.538. The van der Waals surface area contributed by atoms with Crippen molar-refractivity contribution in [2.24, 2.45) is 0 Å². The van der Waals surface area contributed by atoms with Gasteiger partial charge in [-0.2, -0.15) is 0 Å². The minimum atomic E-state index is -0.587. The molecule has 0 heterocycles. The van der Waals surface area contributed by atoms with Crippen LogP contribution in [0.4, 0.5) is 17.1 Å². The second-order valence-electron chi connectivity index (χ2n) is 4.63. The third-order valence-electron chi connectivity index (χ3n) is 3.01. The van der Waals surface area contributed by atoms with E-state index in [0.29, 0.717) is 24.3 Å². The molecule has 0 N–H and O–H groups in total. The molecule has 0 aromatic heterocycles. The van der Waals surface area contributed by atoms with Gasteiger partial charge in [0.05, 0.1) is 15.9 Å². The Balaban J connectivity index is 3.39. The molecule has 110 valence electrons. The Kier molecular flexibility index (Phi) is 5.42. The Morgan fingerprint density at radius 2 is 1.50 bits per heavy atom. The van der Waals surface area contributed by atoms with E-state index in [-0.39, 0.29) is 11.4 Å². The van der Waals surface area contributed by atoms with Crippen molar-refractivity contribution in [3.8, 4) is 0 Å². The van der Waals surface area contributed by atoms with Gasteiger partial charge >= 0.3 is 0 Å². The van der Waals surface area contributed by atoms with Crippen molar-refractivity contribution in [1.82, 2.24) is 0 Å². The number of hydrogen-bond acceptors (Lipinski definition) is 5. The molecule has 1 aromatic carbocycles. The van der Waals surface area contributed by atoms with Crippen LogP contribution in [0.25, 0.3) is 0 Å². The molecule has 0 aliphatic heterocycles. The number of benzene rings is 1. The normalized spacial score (nSPS) is 10.3. The summed E-state index contributed by atoms with van der Waals surface area (Å²) in [5, 5.41) is 22.1. The molecule has 0 aliphatic rings. The van der Waals surface area contributed by atoms with Gasteiger partial charge in [-0.15, -0.1) is 0 Å². The molecule has 1 rings (SSSR count). The molecule has 0 unspecified atom stereocenters. The zero-order valence-corrected chi connectivity index (χ0v) is 12.0. The smallest absolute Gasteiger partial charge is 0.299 e. The number of aryl methyl sites for hydroxylation is 1. The van der Waals surface area contributed by atoms with E-state index >= 15 is 0 Å². The van der Waals surface area contributed by atoms with Crippen molar-refractivity contribution < 1.29 is 9.85 Å². The molecular formula is C13H19N3O4. The van der Waals surface area contributed by atoms with Crippen LogP contribution in [0.1, 0.15) is 32.3 Å². The highest BCUT2D eigenvalue weighted by Gasteiger charge is 2.25. The monoisotopic (exact) mass is 281 g/mol. The topological polar surface area (TPSA) is 89.5 Å². The van der Waals surface area contributed by atoms with E-state index in [4.69, 9.17) is 0 Å². The lowest BCUT2D eigenvalue weighted by molar-refractivity contribution is -0.394. The van der Waals surface area contributed by atoms with Crippen molar-refractivity contribution in [3.63, 3.8) is 0 Å². The predicted octanol–water partition coefficient (Wildman–Crippen LogP) is 3.44. The largest absolute Gasteiger partial charge is 0.366 e. The van der Waals surface area contributed by atoms with Gasteiger partial charge in [0, 0.05) is 18.7 Å². The summed E-state index contributed by atoms with van der Waals surface area (Å²) in [6, 6.07) is 2.60. The zero-order chi connectivity index (χ0) is 15.3. The predicted molar refractivity (Wildman–Crippen MR) is 77.3 cm³/mol. The molecule has 1 aromatic rings. The first kappa shape index (κ1) is 15.9. The van der Waals surface area contributed by atoms with Crippen LogP contribution >= 0.6 is 0 Å². The lowest BCUT2D eigenvalue weighted by Crippen LogP contribution is -2.25. The summed E-state index contributed by atoms with van der Waals surface area (Å²) in [7, 11) is 0. The maximum atomic E-state index is 11.2. The van der Waals surface area contributed by atoms with Crippen molar-refractivity contribution in [1.29, 1.82) is 0 Å². The van der Waals surface area contributed by atoms with Gasteiger partial charge in [-0.25, -0.2) is 0 Å². The van der Waals surface area contributed by atoms with E-state index in [9.17, 15) is 20.2 Å². The highest BCUT2D eigenvalue weighted by atomic mass is 16.6. The summed E-state index contributed by atoms with van der Waals surface area (Å²) < 4.78 is 0. The number of nitrogens with zero attached hydrogens (tertiary/aromatic N) is 3. The van der Waals surface area contributed by atoms with Crippen molar-refractivity contribution in [3.05, 3.63) is 37.9 Å². The van der Waals surface area contributed by atoms with Gasteiger partial charge in [0.15, 0.2) is 0 Å². The van der Waals surface area contributed by atoms with Crippen LogP contribution in [0.3, 0.4) is 0 Å². The third kappa shape index (κ3) is 3.43. The Hall–Kier alpha value is -2.18. The average molecular weight is 281 g/mol. The molecule has 0 saturated carbocycles. The van der Waals surface area contributed by atoms with E-state index in [1.165, 1.54) is 0 Å². The number of hydrogen-bond donors (Lipinski definition) is 0. The van der Waals surface area contributed by atoms with Crippen molar-refractivity contribution in [2.45, 2.75) is 33.6 Å². The maximum absolute atomic E-state index is 11.2. The molecule has 0 saturated heterocycles. The first-order valence-corrected chi connectivity index (χ1v) is 6.60. The lowest BCUT2D eigenvalue weighted by Gasteiger charge is -2.23. The summed E-state index contributed by atoms with van der Waals surface area (Å²) in [5.74, 6) is 0. The summed E-state index contributed by atoms with van der Waals surface area (Å²) in [6.07, 6.45) is 1.71. The first-order valence-electron chi connectivity index (χ1n) is 6.60. The number of nitro benzene ring substituents is 2. The SMILES string of the molecule is CCCN(CCC)c1cc(C)c([N+](=O)[O-])cc1[N+](=O)[O-]. The molecule has 0 radical (unpaired) electrons. The molecule has 0 spiro atoms. The molecule has 0 atom stereocenters. The minimum Gasteiger partial charge on any atom is -0.366 e. The van der Waals surface area contributed by atoms with Crippen molar-refractivity contribution >= 4 is 17.1 Å². The van der Waals surface area contributed by atoms with Crippen LogP contribution in [-0.2, 0) is 0 Å². The average Bonchev–Trinajstić information content (AvgIpc) is 2.37. The maximum Gasteiger partial charge on any atom is 0.299 e. The van der Waals surface area contributed by atoms with Crippen LogP contribution in [-0.4, -0.2) is 22.9 Å². The Bertz CT molecular complexity index is 511. The molecule has 0 aliphatic carbocycles. The van der Waals surface area contributed by atoms with Gasteiger partial charge in [0.25, 0.3) is 11.4 Å². The highest BCUT2D eigenvalue weighted by molar-refractivity contribution is 5.69. The molecule has 0 fully saturated rings. The molecule has 0 amide bonds. The Morgan fingerprint density at radius 1 is 1.00 bits per heavy atom. The van der Waals surface area contributed by atoms with Crippen LogP contribution < -0.4 is 4.90 Å². The van der Waals surface area contributed by atoms with E-state index in [1.807, 2.05) is 18.7 Å². The van der Waals surface area contributed by atoms with E-state index in [0.717, 1.165) is 18.9 Å². The second-order valence-corrected chi connectivity index (χ2v) is 4.63. The first-order chi connectivity index (χ1) is 9.42. The van der Waals surface area contributed by atoms with Crippen LogP contribution in [0, 0.1) is 27.2 Å². The van der Waals surface area contributed by atoms with Crippen molar-refractivity contribution in [2.75, 3.05) is 18.0 Å². The molecule has 7 heteroatoms. The van der Waals surface area contributed by atoms with Gasteiger partial charge in [0.1, 0.15) is 5.69 Å². The second kappa shape index (κ2) is 6.83. The van der Waals surface area contributed by atoms with Gasteiger partial charge in [-0.3, -0.25) is 20.2 Å². The van der Waals surface area contributed by atoms with E-state index in [2.05, 4.69) is 0 Å². The fourth-order valence-corrected chi connectivity index (χ4v) is 2.16. The van der Waals surface area contributed by atoms with Gasteiger partial charge in [-0.05, 0) is 25.8 Å². The quantitative estimate of drug-likeness (QED) is 0.564. The standard InChI is InChI=1S/C13H19N3O4/c1-4-6-14(7-5-2)12-8-10(3)11(15(17)18)9-13(12)16(19)20/h8-9H,4-7H2,1-3H3. The molecule has 20 heavy (non-hydrogen) atoms. The number of nitro groups is 2. The molecular weight excluding hydrogens is 262 g/mol. The molecule has 0 bridgehead atoms. The Morgan fingerprint density at radius 3 is 1.90 bits per heavy atom. The summed E-state index contributed by atoms with van der Waals surface area (Å²) >= 11 is 0. The number of rotatable bonds is 7. The Labute approximate surface area is 117 Å². The zero-order valence-electron chi connectivity index (χ0n) is 12.0. The van der Waals surface area contributed by atoms with Gasteiger partial charge < -0.3 is 4.90 Å². The van der Waals surface area contributed by atoms with Crippen LogP contribution in [0.15, 0.2) is 12.1 Å².